The fourth-order valence-electron chi connectivity index (χ4n) is 6.06. The second-order valence-corrected chi connectivity index (χ2v) is 12.1. The lowest BCUT2D eigenvalue weighted by Gasteiger charge is -2.26. The monoisotopic (exact) mass is 695 g/mol. The normalized spacial score (nSPS) is 16.4. The van der Waals surface area contributed by atoms with Gasteiger partial charge in [-0.25, -0.2) is 14.6 Å². The first-order valence-electron chi connectivity index (χ1n) is 16.5. The summed E-state index contributed by atoms with van der Waals surface area (Å²) in [5.41, 5.74) is 3.37. The Bertz CT molecular complexity index is 1850. The zero-order valence-corrected chi connectivity index (χ0v) is 28.4. The quantitative estimate of drug-likeness (QED) is 0.0930. The fraction of sp³-hybridized carbons (Fsp3) is 0.486. The molecule has 2 aromatic heterocycles. The molecule has 5 rings (SSSR count). The number of benzene rings is 1. The van der Waals surface area contributed by atoms with Gasteiger partial charge in [-0.3, -0.25) is 14.4 Å². The number of methoxy groups -OCH3 is 1. The molecule has 3 N–H and O–H groups in total. The Morgan fingerprint density at radius 2 is 1.92 bits per heavy atom. The number of esters is 3. The zero-order chi connectivity index (χ0) is 36.1. The number of aryl methyl sites for hydroxylation is 1. The number of hydrogen-bond donors (Lipinski definition) is 3. The number of fused-ring (bicyclic) bond motifs is 5. The molecule has 0 saturated heterocycles. The number of carbonyl (C=O) groups excluding carboxylic acids is 4. The molecule has 4 heterocycles. The van der Waals surface area contributed by atoms with Crippen LogP contribution in [0.1, 0.15) is 74.8 Å². The Labute approximate surface area is 287 Å². The number of rotatable bonds is 15. The van der Waals surface area contributed by atoms with Crippen LogP contribution in [0.4, 0.5) is 0 Å². The van der Waals surface area contributed by atoms with Crippen LogP contribution in [-0.2, 0) is 62.4 Å². The lowest BCUT2D eigenvalue weighted by molar-refractivity contribution is -0.194. The van der Waals surface area contributed by atoms with Gasteiger partial charge < -0.3 is 43.8 Å². The lowest BCUT2D eigenvalue weighted by Crippen LogP contribution is -2.42. The topological polar surface area (TPSA) is 202 Å². The van der Waals surface area contributed by atoms with E-state index in [0.717, 1.165) is 16.5 Å². The fourth-order valence-corrected chi connectivity index (χ4v) is 6.06. The summed E-state index contributed by atoms with van der Waals surface area (Å²) in [6.07, 6.45) is -1.74. The van der Waals surface area contributed by atoms with Gasteiger partial charge in [0.1, 0.15) is 25.0 Å². The van der Waals surface area contributed by atoms with Gasteiger partial charge >= 0.3 is 17.9 Å². The Hall–Kier alpha value is -4.86. The van der Waals surface area contributed by atoms with E-state index in [1.165, 1.54) is 20.1 Å². The number of hydrogen-bond acceptors (Lipinski definition) is 13. The molecule has 1 amide bonds. The highest BCUT2D eigenvalue weighted by molar-refractivity contribution is 5.90. The van der Waals surface area contributed by atoms with Gasteiger partial charge in [-0.15, -0.1) is 0 Å². The van der Waals surface area contributed by atoms with Crippen LogP contribution in [0.15, 0.2) is 29.1 Å². The van der Waals surface area contributed by atoms with Crippen LogP contribution in [0.5, 0.6) is 5.75 Å². The minimum absolute atomic E-state index is 0.0829. The summed E-state index contributed by atoms with van der Waals surface area (Å²) in [5.74, 6) is -2.80. The summed E-state index contributed by atoms with van der Waals surface area (Å²) in [5, 5.41) is 22.6. The Morgan fingerprint density at radius 3 is 2.62 bits per heavy atom. The van der Waals surface area contributed by atoms with Gasteiger partial charge in [0, 0.05) is 36.5 Å². The van der Waals surface area contributed by atoms with E-state index in [4.69, 9.17) is 28.7 Å². The number of aliphatic hydroxyl groups excluding tert-OH is 1. The van der Waals surface area contributed by atoms with Crippen LogP contribution in [0, 0.1) is 0 Å². The van der Waals surface area contributed by atoms with Crippen LogP contribution < -0.4 is 10.9 Å². The van der Waals surface area contributed by atoms with E-state index in [1.54, 1.807) is 22.8 Å². The van der Waals surface area contributed by atoms with Crippen LogP contribution in [0.2, 0.25) is 0 Å². The molecule has 50 heavy (non-hydrogen) atoms. The summed E-state index contributed by atoms with van der Waals surface area (Å²) in [7, 11) is 1.38. The first-order valence-corrected chi connectivity index (χ1v) is 16.5. The molecule has 268 valence electrons. The minimum atomic E-state index is -1.55. The predicted molar refractivity (Wildman–Crippen MR) is 176 cm³/mol. The predicted octanol–water partition coefficient (Wildman–Crippen LogP) is 2.31. The molecule has 0 bridgehead atoms. The van der Waals surface area contributed by atoms with Crippen molar-refractivity contribution >= 4 is 34.7 Å². The first-order chi connectivity index (χ1) is 24.0. The van der Waals surface area contributed by atoms with E-state index < -0.39 is 53.9 Å². The molecule has 0 aliphatic carbocycles. The Morgan fingerprint density at radius 1 is 1.14 bits per heavy atom. The van der Waals surface area contributed by atoms with Gasteiger partial charge in [0.15, 0.2) is 6.29 Å². The number of cyclic esters (lactones) is 1. The summed E-state index contributed by atoms with van der Waals surface area (Å²) < 4.78 is 28.1. The standard InChI is InChI=1S/C35H41N3O12/c1-5-20(15-39)49-30(46-4)17-47-29(42)9-7-8-28(41)36-18(3)34(44)50-32-23-13-27-31-24(14-38(27)33(43)25(23)16-48-35(32)45)21(6-2)22-12-19(40)10-11-26(22)37-31/h10-13,18,20,30,32,39-40H,5-9,14-17H2,1-4H3,(H,36,41)/t18-,20?,30?,32-/m0/s1. The third kappa shape index (κ3) is 7.64. The first kappa shape index (κ1) is 36.4. The molecule has 0 fully saturated rings. The molecule has 15 nitrogen and oxygen atoms in total. The summed E-state index contributed by atoms with van der Waals surface area (Å²) >= 11 is 0. The highest BCUT2D eigenvalue weighted by Crippen LogP contribution is 2.39. The molecule has 2 aliphatic heterocycles. The molecule has 0 radical (unpaired) electrons. The maximum absolute atomic E-state index is 13.7. The van der Waals surface area contributed by atoms with Crippen molar-refractivity contribution in [3.63, 3.8) is 0 Å². The maximum atomic E-state index is 13.7. The van der Waals surface area contributed by atoms with Crippen LogP contribution in [0.3, 0.4) is 0 Å². The SMILES string of the molecule is CCc1c2c(nc3ccc(O)cc13)-c1cc3c(c(=O)n1C2)COC(=O)[C@H]3OC(=O)[C@H](C)NC(=O)CCCC(=O)OCC(OC)OC(CC)CO. The molecule has 2 aliphatic rings. The Balaban J connectivity index is 1.21. The van der Waals surface area contributed by atoms with Crippen LogP contribution in [-0.4, -0.2) is 82.3 Å². The summed E-state index contributed by atoms with van der Waals surface area (Å²) in [6, 6.07) is 5.33. The van der Waals surface area contributed by atoms with E-state index >= 15 is 0 Å². The van der Waals surface area contributed by atoms with E-state index in [0.29, 0.717) is 29.7 Å². The van der Waals surface area contributed by atoms with E-state index in [-0.39, 0.29) is 62.5 Å². The number of carbonyl (C=O) groups is 4. The average Bonchev–Trinajstić information content (AvgIpc) is 3.46. The van der Waals surface area contributed by atoms with E-state index in [9.17, 15) is 34.2 Å². The minimum Gasteiger partial charge on any atom is -0.508 e. The average molecular weight is 696 g/mol. The van der Waals surface area contributed by atoms with Crippen molar-refractivity contribution in [2.75, 3.05) is 20.3 Å². The molecule has 0 saturated carbocycles. The highest BCUT2D eigenvalue weighted by Gasteiger charge is 2.38. The number of ether oxygens (including phenoxy) is 5. The molecule has 1 aromatic carbocycles. The molecule has 2 unspecified atom stereocenters. The number of amides is 1. The Kier molecular flexibility index (Phi) is 11.5. The number of aromatic hydroxyl groups is 1. The lowest BCUT2D eigenvalue weighted by atomic mass is 9.97. The van der Waals surface area contributed by atoms with Crippen molar-refractivity contribution in [1.29, 1.82) is 0 Å². The van der Waals surface area contributed by atoms with E-state index in [1.807, 2.05) is 13.8 Å². The number of nitrogens with zero attached hydrogens (tertiary/aromatic N) is 2. The summed E-state index contributed by atoms with van der Waals surface area (Å²) in [4.78, 5) is 69.2. The molecule has 3 aromatic rings. The van der Waals surface area contributed by atoms with Crippen molar-refractivity contribution in [3.8, 4) is 17.1 Å². The van der Waals surface area contributed by atoms with Crippen molar-refractivity contribution in [2.24, 2.45) is 0 Å². The molecular weight excluding hydrogens is 654 g/mol. The van der Waals surface area contributed by atoms with Gasteiger partial charge in [0.05, 0.1) is 41.7 Å². The molecule has 4 atom stereocenters. The van der Waals surface area contributed by atoms with Crippen molar-refractivity contribution in [1.82, 2.24) is 14.9 Å². The molecule has 0 spiro atoms. The number of phenolic OH excluding ortho intramolecular Hbond substituents is 1. The van der Waals surface area contributed by atoms with Crippen molar-refractivity contribution in [3.05, 3.63) is 56.9 Å². The second kappa shape index (κ2) is 15.8. The van der Waals surface area contributed by atoms with Crippen LogP contribution >= 0.6 is 0 Å². The molecular formula is C35H41N3O12. The van der Waals surface area contributed by atoms with Gasteiger partial charge in [0.25, 0.3) is 5.56 Å². The van der Waals surface area contributed by atoms with Gasteiger partial charge in [-0.1, -0.05) is 13.8 Å². The van der Waals surface area contributed by atoms with Gasteiger partial charge in [-0.2, -0.15) is 0 Å². The van der Waals surface area contributed by atoms with Gasteiger partial charge in [-0.05, 0) is 56.0 Å². The maximum Gasteiger partial charge on any atom is 0.352 e. The number of phenols is 1. The van der Waals surface area contributed by atoms with Crippen LogP contribution in [0.25, 0.3) is 22.3 Å². The van der Waals surface area contributed by atoms with Crippen molar-refractivity contribution < 1.29 is 53.1 Å². The largest absolute Gasteiger partial charge is 0.508 e. The highest BCUT2D eigenvalue weighted by atomic mass is 16.7. The summed E-state index contributed by atoms with van der Waals surface area (Å²) in [6.45, 7) is 4.75. The second-order valence-electron chi connectivity index (χ2n) is 12.1. The number of aromatic nitrogens is 2. The zero-order valence-electron chi connectivity index (χ0n) is 28.4. The third-order valence-corrected chi connectivity index (χ3v) is 8.79. The number of nitrogens with one attached hydrogen (secondary N) is 1. The number of pyridine rings is 2. The van der Waals surface area contributed by atoms with E-state index in [2.05, 4.69) is 5.32 Å². The van der Waals surface area contributed by atoms with Gasteiger partial charge in [0.2, 0.25) is 12.0 Å². The van der Waals surface area contributed by atoms with Crippen molar-refractivity contribution in [2.45, 2.75) is 90.6 Å². The number of aliphatic hydroxyl groups is 1. The molecule has 15 heteroatoms. The third-order valence-electron chi connectivity index (χ3n) is 8.79. The smallest absolute Gasteiger partial charge is 0.352 e.